The first kappa shape index (κ1) is 24.8. The second kappa shape index (κ2) is 11.0. The number of fused-ring (bicyclic) bond motifs is 1. The van der Waals surface area contributed by atoms with Gasteiger partial charge in [-0.05, 0) is 75.1 Å². The first-order chi connectivity index (χ1) is 16.4. The average Bonchev–Trinajstić information content (AvgIpc) is 3.60. The fraction of sp³-hybridized carbons (Fsp3) is 0.500. The topological polar surface area (TPSA) is 84.5 Å². The highest BCUT2D eigenvalue weighted by molar-refractivity contribution is 8.00. The lowest BCUT2D eigenvalue weighted by Gasteiger charge is -2.18. The SMILES string of the molecule is CCOC(=O)c1c(NC(=O)C(CC)Sc2cccc(NC(=O)C3CC3)c2)sc2c1CCC(C)C2. The first-order valence-corrected chi connectivity index (χ1v) is 13.8. The molecule has 8 heteroatoms. The van der Waals surface area contributed by atoms with Crippen LogP contribution in [0, 0.1) is 11.8 Å². The molecule has 0 bridgehead atoms. The number of amides is 2. The molecule has 182 valence electrons. The van der Waals surface area contributed by atoms with Crippen LogP contribution < -0.4 is 10.6 Å². The number of esters is 1. The van der Waals surface area contributed by atoms with E-state index in [4.69, 9.17) is 4.74 Å². The third-order valence-corrected chi connectivity index (χ3v) is 8.75. The maximum Gasteiger partial charge on any atom is 0.341 e. The van der Waals surface area contributed by atoms with E-state index in [1.54, 1.807) is 6.92 Å². The zero-order chi connectivity index (χ0) is 24.2. The maximum absolute atomic E-state index is 13.3. The molecule has 1 aromatic carbocycles. The van der Waals surface area contributed by atoms with Crippen molar-refractivity contribution in [3.8, 4) is 0 Å². The lowest BCUT2D eigenvalue weighted by molar-refractivity contribution is -0.117. The minimum absolute atomic E-state index is 0.0643. The van der Waals surface area contributed by atoms with Crippen molar-refractivity contribution in [2.75, 3.05) is 17.2 Å². The summed E-state index contributed by atoms with van der Waals surface area (Å²) in [5.74, 6) is 0.284. The predicted molar refractivity (Wildman–Crippen MR) is 138 cm³/mol. The van der Waals surface area contributed by atoms with Gasteiger partial charge < -0.3 is 15.4 Å². The van der Waals surface area contributed by atoms with Gasteiger partial charge in [0, 0.05) is 21.4 Å². The third kappa shape index (κ3) is 5.84. The van der Waals surface area contributed by atoms with E-state index in [9.17, 15) is 14.4 Å². The van der Waals surface area contributed by atoms with Gasteiger partial charge in [0.2, 0.25) is 11.8 Å². The molecule has 1 heterocycles. The largest absolute Gasteiger partial charge is 0.462 e. The van der Waals surface area contributed by atoms with Gasteiger partial charge in [-0.25, -0.2) is 4.79 Å². The van der Waals surface area contributed by atoms with Crippen LogP contribution in [0.2, 0.25) is 0 Å². The highest BCUT2D eigenvalue weighted by atomic mass is 32.2. The molecule has 2 N–H and O–H groups in total. The van der Waals surface area contributed by atoms with Crippen LogP contribution in [-0.2, 0) is 27.2 Å². The van der Waals surface area contributed by atoms with Gasteiger partial charge in [-0.2, -0.15) is 0 Å². The van der Waals surface area contributed by atoms with Crippen LogP contribution in [0.25, 0.3) is 0 Å². The van der Waals surface area contributed by atoms with Gasteiger partial charge in [0.1, 0.15) is 5.00 Å². The van der Waals surface area contributed by atoms with Crippen molar-refractivity contribution in [3.05, 3.63) is 40.3 Å². The zero-order valence-electron chi connectivity index (χ0n) is 19.9. The van der Waals surface area contributed by atoms with Crippen LogP contribution in [-0.4, -0.2) is 29.6 Å². The van der Waals surface area contributed by atoms with E-state index in [0.717, 1.165) is 48.3 Å². The predicted octanol–water partition coefficient (Wildman–Crippen LogP) is 5.91. The Balaban J connectivity index is 1.49. The number of thioether (sulfide) groups is 1. The van der Waals surface area contributed by atoms with Gasteiger partial charge in [0.25, 0.3) is 0 Å². The van der Waals surface area contributed by atoms with Crippen molar-refractivity contribution in [1.82, 2.24) is 0 Å². The Morgan fingerprint density at radius 1 is 1.18 bits per heavy atom. The van der Waals surface area contributed by atoms with Crippen LogP contribution in [0.3, 0.4) is 0 Å². The lowest BCUT2D eigenvalue weighted by atomic mass is 9.88. The van der Waals surface area contributed by atoms with Crippen molar-refractivity contribution >= 4 is 51.6 Å². The lowest BCUT2D eigenvalue weighted by Crippen LogP contribution is -2.25. The van der Waals surface area contributed by atoms with E-state index in [0.29, 0.717) is 29.5 Å². The molecular formula is C26H32N2O4S2. The Hall–Kier alpha value is -2.32. The van der Waals surface area contributed by atoms with Crippen molar-refractivity contribution in [1.29, 1.82) is 0 Å². The number of hydrogen-bond acceptors (Lipinski definition) is 6. The Labute approximate surface area is 209 Å². The minimum Gasteiger partial charge on any atom is -0.462 e. The molecule has 2 amide bonds. The van der Waals surface area contributed by atoms with E-state index in [2.05, 4.69) is 17.6 Å². The van der Waals surface area contributed by atoms with E-state index >= 15 is 0 Å². The average molecular weight is 501 g/mol. The molecule has 1 aromatic heterocycles. The Morgan fingerprint density at radius 3 is 2.68 bits per heavy atom. The standard InChI is InChI=1S/C26H32N2O4S2/c1-4-20(33-18-8-6-7-17(14-18)27-23(29)16-10-11-16)24(30)28-25-22(26(31)32-5-2)19-12-9-15(3)13-21(19)34-25/h6-8,14-16,20H,4-5,9-13H2,1-3H3,(H,27,29)(H,28,30). The van der Waals surface area contributed by atoms with Crippen LogP contribution in [0.5, 0.6) is 0 Å². The number of carbonyl (C=O) groups is 3. The number of thiophene rings is 1. The molecule has 0 saturated heterocycles. The number of benzene rings is 1. The van der Waals surface area contributed by atoms with E-state index in [-0.39, 0.29) is 29.0 Å². The van der Waals surface area contributed by atoms with E-state index in [1.807, 2.05) is 31.2 Å². The van der Waals surface area contributed by atoms with Gasteiger partial charge in [-0.15, -0.1) is 23.1 Å². The Morgan fingerprint density at radius 2 is 1.97 bits per heavy atom. The molecule has 0 aliphatic heterocycles. The molecule has 34 heavy (non-hydrogen) atoms. The smallest absolute Gasteiger partial charge is 0.341 e. The quantitative estimate of drug-likeness (QED) is 0.330. The number of carbonyl (C=O) groups excluding carboxylic acids is 3. The molecular weight excluding hydrogens is 468 g/mol. The summed E-state index contributed by atoms with van der Waals surface area (Å²) >= 11 is 2.98. The Kier molecular flexibility index (Phi) is 7.99. The summed E-state index contributed by atoms with van der Waals surface area (Å²) in [6, 6.07) is 7.62. The summed E-state index contributed by atoms with van der Waals surface area (Å²) in [7, 11) is 0. The fourth-order valence-corrected chi connectivity index (χ4v) is 6.59. The van der Waals surface area contributed by atoms with Crippen molar-refractivity contribution in [3.63, 3.8) is 0 Å². The van der Waals surface area contributed by atoms with Crippen molar-refractivity contribution < 1.29 is 19.1 Å². The number of ether oxygens (including phenoxy) is 1. The van der Waals surface area contributed by atoms with Crippen LogP contribution in [0.15, 0.2) is 29.2 Å². The summed E-state index contributed by atoms with van der Waals surface area (Å²) < 4.78 is 5.33. The number of hydrogen-bond donors (Lipinski definition) is 2. The van der Waals surface area contributed by atoms with Crippen molar-refractivity contribution in [2.45, 2.75) is 69.4 Å². The zero-order valence-corrected chi connectivity index (χ0v) is 21.6. The monoisotopic (exact) mass is 500 g/mol. The summed E-state index contributed by atoms with van der Waals surface area (Å²) in [6.07, 6.45) is 5.33. The molecule has 6 nitrogen and oxygen atoms in total. The number of anilines is 2. The molecule has 1 fully saturated rings. The highest BCUT2D eigenvalue weighted by Crippen LogP contribution is 2.41. The third-order valence-electron chi connectivity index (χ3n) is 6.22. The molecule has 0 spiro atoms. The first-order valence-electron chi connectivity index (χ1n) is 12.1. The van der Waals surface area contributed by atoms with Gasteiger partial charge in [0.05, 0.1) is 17.4 Å². The van der Waals surface area contributed by atoms with Crippen molar-refractivity contribution in [2.24, 2.45) is 11.8 Å². The Bertz CT molecular complexity index is 1080. The summed E-state index contributed by atoms with van der Waals surface area (Å²) in [5.41, 5.74) is 2.32. The molecule has 2 aliphatic rings. The van der Waals surface area contributed by atoms with Crippen LogP contribution >= 0.6 is 23.1 Å². The number of nitrogens with one attached hydrogen (secondary N) is 2. The normalized spacial score (nSPS) is 18.0. The molecule has 2 atom stereocenters. The maximum atomic E-state index is 13.3. The second-order valence-corrected chi connectivity index (χ2v) is 11.5. The van der Waals surface area contributed by atoms with Gasteiger partial charge in [-0.1, -0.05) is 19.9 Å². The summed E-state index contributed by atoms with van der Waals surface area (Å²) in [6.45, 7) is 6.29. The van der Waals surface area contributed by atoms with Gasteiger partial charge in [0.15, 0.2) is 0 Å². The summed E-state index contributed by atoms with van der Waals surface area (Å²) in [5, 5.41) is 6.29. The molecule has 2 aliphatic carbocycles. The molecule has 1 saturated carbocycles. The van der Waals surface area contributed by atoms with Crippen LogP contribution in [0.4, 0.5) is 10.7 Å². The molecule has 2 aromatic rings. The highest BCUT2D eigenvalue weighted by Gasteiger charge is 2.31. The van der Waals surface area contributed by atoms with E-state index in [1.165, 1.54) is 28.0 Å². The second-order valence-electron chi connectivity index (χ2n) is 9.07. The van der Waals surface area contributed by atoms with Gasteiger partial charge >= 0.3 is 5.97 Å². The van der Waals surface area contributed by atoms with Gasteiger partial charge in [-0.3, -0.25) is 9.59 Å². The van der Waals surface area contributed by atoms with Crippen LogP contribution in [0.1, 0.15) is 67.3 Å². The summed E-state index contributed by atoms with van der Waals surface area (Å²) in [4.78, 5) is 40.2. The number of rotatable bonds is 9. The molecule has 2 unspecified atom stereocenters. The fourth-order valence-electron chi connectivity index (χ4n) is 4.17. The van der Waals surface area contributed by atoms with E-state index < -0.39 is 0 Å². The molecule has 4 rings (SSSR count). The minimum atomic E-state index is -0.357. The molecule has 0 radical (unpaired) electrons.